The van der Waals surface area contributed by atoms with Gasteiger partial charge in [-0.15, -0.1) is 0 Å². The van der Waals surface area contributed by atoms with Crippen LogP contribution in [-0.4, -0.2) is 16.9 Å². The number of amides is 3. The summed E-state index contributed by atoms with van der Waals surface area (Å²) in [6.07, 6.45) is 3.60. The zero-order valence-electron chi connectivity index (χ0n) is 13.5. The number of carbonyl (C=O) groups is 2. The monoisotopic (exact) mass is 324 g/mol. The molecule has 0 bridgehead atoms. The molecule has 1 aliphatic carbocycles. The molecule has 3 amide bonds. The molecule has 1 aromatic carbocycles. The van der Waals surface area contributed by atoms with E-state index in [2.05, 4.69) is 20.9 Å². The lowest BCUT2D eigenvalue weighted by Crippen LogP contribution is -2.28. The summed E-state index contributed by atoms with van der Waals surface area (Å²) in [4.78, 5) is 28.0. The number of pyridine rings is 1. The summed E-state index contributed by atoms with van der Waals surface area (Å²) in [6, 6.07) is 10.7. The third-order valence-electron chi connectivity index (χ3n) is 3.86. The molecule has 1 fully saturated rings. The van der Waals surface area contributed by atoms with Gasteiger partial charge in [0.05, 0.1) is 12.2 Å². The van der Waals surface area contributed by atoms with Crippen LogP contribution in [0.5, 0.6) is 0 Å². The molecular formula is C18H20N4O2. The third-order valence-corrected chi connectivity index (χ3v) is 3.86. The van der Waals surface area contributed by atoms with Crippen molar-refractivity contribution >= 4 is 23.3 Å². The summed E-state index contributed by atoms with van der Waals surface area (Å²) in [6.45, 7) is 2.25. The van der Waals surface area contributed by atoms with Gasteiger partial charge >= 0.3 is 6.03 Å². The number of rotatable bonds is 5. The van der Waals surface area contributed by atoms with Crippen LogP contribution in [0.15, 0.2) is 42.6 Å². The molecule has 6 nitrogen and oxygen atoms in total. The zero-order chi connectivity index (χ0) is 16.9. The van der Waals surface area contributed by atoms with E-state index < -0.39 is 0 Å². The molecule has 124 valence electrons. The number of anilines is 2. The summed E-state index contributed by atoms with van der Waals surface area (Å²) in [7, 11) is 0. The molecule has 1 saturated carbocycles. The Labute approximate surface area is 140 Å². The minimum absolute atomic E-state index is 0.0457. The van der Waals surface area contributed by atoms with Gasteiger partial charge in [0, 0.05) is 23.5 Å². The molecule has 3 N–H and O–H groups in total. The van der Waals surface area contributed by atoms with Gasteiger partial charge in [0.1, 0.15) is 0 Å². The fraction of sp³-hybridized carbons (Fsp3) is 0.278. The minimum Gasteiger partial charge on any atom is -0.332 e. The van der Waals surface area contributed by atoms with E-state index in [9.17, 15) is 9.59 Å². The first-order chi connectivity index (χ1) is 11.6. The number of nitrogens with zero attached hydrogens (tertiary/aromatic N) is 1. The maximum absolute atomic E-state index is 12.1. The van der Waals surface area contributed by atoms with Crippen LogP contribution < -0.4 is 16.0 Å². The molecule has 1 aromatic heterocycles. The van der Waals surface area contributed by atoms with E-state index in [0.717, 1.165) is 24.1 Å². The fourth-order valence-corrected chi connectivity index (χ4v) is 2.26. The van der Waals surface area contributed by atoms with Crippen molar-refractivity contribution in [1.82, 2.24) is 10.3 Å². The van der Waals surface area contributed by atoms with Gasteiger partial charge in [-0.05, 0) is 49.6 Å². The molecule has 2 aromatic rings. The van der Waals surface area contributed by atoms with E-state index in [0.29, 0.717) is 17.9 Å². The predicted molar refractivity (Wildman–Crippen MR) is 92.6 cm³/mol. The molecule has 0 saturated heterocycles. The van der Waals surface area contributed by atoms with E-state index in [4.69, 9.17) is 0 Å². The number of aromatic nitrogens is 1. The molecular weight excluding hydrogens is 304 g/mol. The van der Waals surface area contributed by atoms with Crippen LogP contribution in [0, 0.1) is 12.8 Å². The smallest absolute Gasteiger partial charge is 0.319 e. The van der Waals surface area contributed by atoms with Crippen LogP contribution >= 0.6 is 0 Å². The summed E-state index contributed by atoms with van der Waals surface area (Å²) in [5.74, 6) is 0.189. The molecule has 3 rings (SSSR count). The molecule has 0 atom stereocenters. The Bertz CT molecular complexity index is 742. The number of hydrogen-bond donors (Lipinski definition) is 3. The van der Waals surface area contributed by atoms with Crippen molar-refractivity contribution in [2.24, 2.45) is 5.92 Å². The van der Waals surface area contributed by atoms with E-state index >= 15 is 0 Å². The Hall–Kier alpha value is -2.89. The molecule has 0 spiro atoms. The first-order valence-corrected chi connectivity index (χ1v) is 7.98. The molecule has 24 heavy (non-hydrogen) atoms. The van der Waals surface area contributed by atoms with Crippen molar-refractivity contribution in [3.63, 3.8) is 0 Å². The Balaban J connectivity index is 1.58. The van der Waals surface area contributed by atoms with Crippen LogP contribution in [-0.2, 0) is 11.3 Å². The lowest BCUT2D eigenvalue weighted by molar-refractivity contribution is -0.117. The summed E-state index contributed by atoms with van der Waals surface area (Å²) < 4.78 is 0. The Morgan fingerprint density at radius 1 is 1.17 bits per heavy atom. The Morgan fingerprint density at radius 2 is 2.00 bits per heavy atom. The zero-order valence-corrected chi connectivity index (χ0v) is 13.5. The highest BCUT2D eigenvalue weighted by Gasteiger charge is 2.29. The van der Waals surface area contributed by atoms with E-state index in [-0.39, 0.29) is 17.9 Å². The van der Waals surface area contributed by atoms with Crippen molar-refractivity contribution in [3.8, 4) is 0 Å². The van der Waals surface area contributed by atoms with Gasteiger partial charge < -0.3 is 16.0 Å². The number of benzene rings is 1. The molecule has 1 heterocycles. The standard InChI is InChI=1S/C18H20N4O2/c1-12-5-8-14(21-17(23)13-6-7-13)10-16(12)22-18(24)20-11-15-4-2-3-9-19-15/h2-5,8-10,13H,6-7,11H2,1H3,(H,21,23)(H2,20,22,24). The van der Waals surface area contributed by atoms with Gasteiger partial charge in [0.25, 0.3) is 0 Å². The average molecular weight is 324 g/mol. The number of nitrogens with one attached hydrogen (secondary N) is 3. The number of aryl methyl sites for hydroxylation is 1. The van der Waals surface area contributed by atoms with Crippen molar-refractivity contribution in [1.29, 1.82) is 0 Å². The maximum atomic E-state index is 12.1. The highest BCUT2D eigenvalue weighted by atomic mass is 16.2. The van der Waals surface area contributed by atoms with Crippen molar-refractivity contribution in [3.05, 3.63) is 53.9 Å². The van der Waals surface area contributed by atoms with Crippen LogP contribution in [0.3, 0.4) is 0 Å². The van der Waals surface area contributed by atoms with Crippen LogP contribution in [0.25, 0.3) is 0 Å². The van der Waals surface area contributed by atoms with Gasteiger partial charge in [-0.25, -0.2) is 4.79 Å². The topological polar surface area (TPSA) is 83.1 Å². The third kappa shape index (κ3) is 4.32. The second-order valence-electron chi connectivity index (χ2n) is 5.92. The van der Waals surface area contributed by atoms with Crippen LogP contribution in [0.1, 0.15) is 24.1 Å². The van der Waals surface area contributed by atoms with E-state index in [1.807, 2.05) is 37.3 Å². The Morgan fingerprint density at radius 3 is 2.71 bits per heavy atom. The van der Waals surface area contributed by atoms with Gasteiger partial charge in [0.15, 0.2) is 0 Å². The van der Waals surface area contributed by atoms with Crippen LogP contribution in [0.2, 0.25) is 0 Å². The second-order valence-corrected chi connectivity index (χ2v) is 5.92. The van der Waals surface area contributed by atoms with Crippen molar-refractivity contribution in [2.75, 3.05) is 10.6 Å². The Kier molecular flexibility index (Phi) is 4.74. The molecule has 0 radical (unpaired) electrons. The molecule has 1 aliphatic rings. The number of urea groups is 1. The van der Waals surface area contributed by atoms with Gasteiger partial charge in [-0.2, -0.15) is 0 Å². The minimum atomic E-state index is -0.311. The quantitative estimate of drug-likeness (QED) is 0.790. The maximum Gasteiger partial charge on any atom is 0.319 e. The largest absolute Gasteiger partial charge is 0.332 e. The second kappa shape index (κ2) is 7.12. The van der Waals surface area contributed by atoms with E-state index in [1.54, 1.807) is 12.3 Å². The van der Waals surface area contributed by atoms with Gasteiger partial charge in [-0.3, -0.25) is 9.78 Å². The normalized spacial score (nSPS) is 13.2. The summed E-state index contributed by atoms with van der Waals surface area (Å²) >= 11 is 0. The highest BCUT2D eigenvalue weighted by Crippen LogP contribution is 2.30. The fourth-order valence-electron chi connectivity index (χ4n) is 2.26. The predicted octanol–water partition coefficient (Wildman–Crippen LogP) is 3.06. The highest BCUT2D eigenvalue weighted by molar-refractivity contribution is 5.96. The molecule has 0 aliphatic heterocycles. The average Bonchev–Trinajstić information content (AvgIpc) is 3.42. The van der Waals surface area contributed by atoms with Crippen molar-refractivity contribution < 1.29 is 9.59 Å². The van der Waals surface area contributed by atoms with E-state index in [1.165, 1.54) is 0 Å². The van der Waals surface area contributed by atoms with Gasteiger partial charge in [0.2, 0.25) is 5.91 Å². The molecule has 6 heteroatoms. The molecule has 0 unspecified atom stereocenters. The number of carbonyl (C=O) groups excluding carboxylic acids is 2. The summed E-state index contributed by atoms with van der Waals surface area (Å²) in [5.41, 5.74) is 3.07. The SMILES string of the molecule is Cc1ccc(NC(=O)C2CC2)cc1NC(=O)NCc1ccccn1. The van der Waals surface area contributed by atoms with Gasteiger partial charge in [-0.1, -0.05) is 12.1 Å². The number of hydrogen-bond acceptors (Lipinski definition) is 3. The first kappa shape index (κ1) is 16.0. The van der Waals surface area contributed by atoms with Crippen molar-refractivity contribution in [2.45, 2.75) is 26.3 Å². The first-order valence-electron chi connectivity index (χ1n) is 7.98. The lowest BCUT2D eigenvalue weighted by atomic mass is 10.1. The summed E-state index contributed by atoms with van der Waals surface area (Å²) in [5, 5.41) is 8.45. The van der Waals surface area contributed by atoms with Crippen LogP contribution in [0.4, 0.5) is 16.2 Å². The lowest BCUT2D eigenvalue weighted by Gasteiger charge is -2.12.